The third-order valence-electron chi connectivity index (χ3n) is 4.27. The Kier molecular flexibility index (Phi) is 6.45. The molecule has 0 aliphatic heterocycles. The molecule has 0 unspecified atom stereocenters. The van der Waals surface area contributed by atoms with E-state index in [1.807, 2.05) is 53.2 Å². The van der Waals surface area contributed by atoms with Gasteiger partial charge in [0.2, 0.25) is 0 Å². The predicted octanol–water partition coefficient (Wildman–Crippen LogP) is 4.66. The van der Waals surface area contributed by atoms with Crippen LogP contribution in [0.4, 0.5) is 0 Å². The lowest BCUT2D eigenvalue weighted by Gasteiger charge is -2.08. The van der Waals surface area contributed by atoms with Crippen LogP contribution in [0.1, 0.15) is 40.9 Å². The molecule has 2 aromatic carbocycles. The van der Waals surface area contributed by atoms with Crippen LogP contribution in [0.2, 0.25) is 0 Å². The molecule has 0 bridgehead atoms. The SMILES string of the molecule is CCC=Cc1nc(CC=S)nn1Cc1ccc(-c2ccccc2C(=O)O)cc1. The van der Waals surface area contributed by atoms with Crippen LogP contribution in [0.25, 0.3) is 17.2 Å². The van der Waals surface area contributed by atoms with Gasteiger partial charge in [-0.2, -0.15) is 5.10 Å². The molecule has 0 saturated heterocycles. The molecule has 142 valence electrons. The summed E-state index contributed by atoms with van der Waals surface area (Å²) in [5.74, 6) is 0.576. The molecule has 0 radical (unpaired) electrons. The summed E-state index contributed by atoms with van der Waals surface area (Å²) >= 11 is 4.92. The van der Waals surface area contributed by atoms with Gasteiger partial charge in [0.1, 0.15) is 0 Å². The van der Waals surface area contributed by atoms with E-state index in [9.17, 15) is 9.90 Å². The van der Waals surface area contributed by atoms with Gasteiger partial charge in [0.05, 0.1) is 12.1 Å². The summed E-state index contributed by atoms with van der Waals surface area (Å²) in [5, 5.41) is 15.6. The third kappa shape index (κ3) is 4.58. The Morgan fingerprint density at radius 2 is 1.93 bits per heavy atom. The second-order valence-electron chi connectivity index (χ2n) is 6.27. The molecule has 3 rings (SSSR count). The Hall–Kier alpha value is -3.12. The molecular formula is C22H21N3O2S. The van der Waals surface area contributed by atoms with Gasteiger partial charge in [0.25, 0.3) is 0 Å². The van der Waals surface area contributed by atoms with E-state index in [-0.39, 0.29) is 0 Å². The molecule has 0 spiro atoms. The molecular weight excluding hydrogens is 370 g/mol. The molecule has 1 heterocycles. The Bertz CT molecular complexity index is 1010. The number of carbonyl (C=O) groups is 1. The Balaban J connectivity index is 1.86. The van der Waals surface area contributed by atoms with Gasteiger partial charge in [-0.3, -0.25) is 0 Å². The number of hydrogen-bond donors (Lipinski definition) is 1. The number of carboxylic acid groups (broad SMARTS) is 1. The number of hydrogen-bond acceptors (Lipinski definition) is 4. The van der Waals surface area contributed by atoms with Gasteiger partial charge in [-0.1, -0.05) is 67.7 Å². The minimum absolute atomic E-state index is 0.295. The van der Waals surface area contributed by atoms with E-state index in [1.165, 1.54) is 0 Å². The van der Waals surface area contributed by atoms with E-state index in [0.717, 1.165) is 23.4 Å². The first-order valence-electron chi connectivity index (χ1n) is 9.08. The zero-order valence-electron chi connectivity index (χ0n) is 15.6. The van der Waals surface area contributed by atoms with E-state index < -0.39 is 5.97 Å². The lowest BCUT2D eigenvalue weighted by molar-refractivity contribution is 0.0697. The van der Waals surface area contributed by atoms with Crippen molar-refractivity contribution in [1.82, 2.24) is 14.8 Å². The highest BCUT2D eigenvalue weighted by molar-refractivity contribution is 7.78. The molecule has 0 saturated carbocycles. The number of carboxylic acids is 1. The maximum atomic E-state index is 11.4. The van der Waals surface area contributed by atoms with Crippen LogP contribution in [0.3, 0.4) is 0 Å². The molecule has 0 aliphatic carbocycles. The number of aromatic carboxylic acids is 1. The van der Waals surface area contributed by atoms with Gasteiger partial charge in [-0.25, -0.2) is 14.5 Å². The van der Waals surface area contributed by atoms with Gasteiger partial charge in [-0.15, -0.1) is 0 Å². The molecule has 0 atom stereocenters. The zero-order valence-corrected chi connectivity index (χ0v) is 16.4. The van der Waals surface area contributed by atoms with Crippen molar-refractivity contribution in [2.45, 2.75) is 26.3 Å². The minimum atomic E-state index is -0.930. The summed E-state index contributed by atoms with van der Waals surface area (Å²) < 4.78 is 1.86. The van der Waals surface area contributed by atoms with E-state index in [1.54, 1.807) is 17.5 Å². The Morgan fingerprint density at radius 1 is 1.18 bits per heavy atom. The van der Waals surface area contributed by atoms with E-state index in [4.69, 9.17) is 12.2 Å². The summed E-state index contributed by atoms with van der Waals surface area (Å²) in [7, 11) is 0. The van der Waals surface area contributed by atoms with Crippen molar-refractivity contribution in [3.05, 3.63) is 77.4 Å². The van der Waals surface area contributed by atoms with Crippen molar-refractivity contribution in [2.24, 2.45) is 0 Å². The summed E-state index contributed by atoms with van der Waals surface area (Å²) in [6.45, 7) is 2.65. The monoisotopic (exact) mass is 391 g/mol. The maximum Gasteiger partial charge on any atom is 0.336 e. The van der Waals surface area contributed by atoms with Gasteiger partial charge in [0.15, 0.2) is 11.6 Å². The fraction of sp³-hybridized carbons (Fsp3) is 0.182. The number of allylic oxidation sites excluding steroid dienone is 1. The van der Waals surface area contributed by atoms with Crippen LogP contribution in [0.5, 0.6) is 0 Å². The zero-order chi connectivity index (χ0) is 19.9. The Labute approximate surface area is 169 Å². The maximum absolute atomic E-state index is 11.4. The van der Waals surface area contributed by atoms with Crippen LogP contribution < -0.4 is 0 Å². The molecule has 6 heteroatoms. The van der Waals surface area contributed by atoms with Crippen molar-refractivity contribution >= 4 is 29.6 Å². The fourth-order valence-electron chi connectivity index (χ4n) is 2.91. The van der Waals surface area contributed by atoms with Crippen LogP contribution in [0.15, 0.2) is 54.6 Å². The van der Waals surface area contributed by atoms with Crippen LogP contribution in [-0.2, 0) is 13.0 Å². The van der Waals surface area contributed by atoms with E-state index in [2.05, 4.69) is 17.0 Å². The van der Waals surface area contributed by atoms with Crippen molar-refractivity contribution in [1.29, 1.82) is 0 Å². The van der Waals surface area contributed by atoms with E-state index in [0.29, 0.717) is 29.9 Å². The van der Waals surface area contributed by atoms with Gasteiger partial charge >= 0.3 is 5.97 Å². The van der Waals surface area contributed by atoms with Crippen LogP contribution in [-0.4, -0.2) is 31.2 Å². The number of rotatable bonds is 8. The highest BCUT2D eigenvalue weighted by atomic mass is 32.1. The quantitative estimate of drug-likeness (QED) is 0.566. The van der Waals surface area contributed by atoms with Crippen LogP contribution >= 0.6 is 12.2 Å². The number of aromatic nitrogens is 3. The normalized spacial score (nSPS) is 11.0. The van der Waals surface area contributed by atoms with Gasteiger partial charge in [-0.05, 0) is 40.6 Å². The fourth-order valence-corrected chi connectivity index (χ4v) is 3.06. The second-order valence-corrected chi connectivity index (χ2v) is 6.61. The lowest BCUT2D eigenvalue weighted by atomic mass is 9.99. The first-order chi connectivity index (χ1) is 13.6. The van der Waals surface area contributed by atoms with Crippen molar-refractivity contribution in [3.8, 4) is 11.1 Å². The Morgan fingerprint density at radius 3 is 2.61 bits per heavy atom. The highest BCUT2D eigenvalue weighted by Gasteiger charge is 2.11. The lowest BCUT2D eigenvalue weighted by Crippen LogP contribution is -2.05. The van der Waals surface area contributed by atoms with Crippen molar-refractivity contribution in [3.63, 3.8) is 0 Å². The minimum Gasteiger partial charge on any atom is -0.478 e. The molecule has 1 aromatic heterocycles. The molecule has 3 aromatic rings. The smallest absolute Gasteiger partial charge is 0.336 e. The first kappa shape index (κ1) is 19.6. The number of benzene rings is 2. The summed E-state index contributed by atoms with van der Waals surface area (Å²) in [5.41, 5.74) is 2.93. The average Bonchev–Trinajstić information content (AvgIpc) is 3.08. The number of nitrogens with zero attached hydrogens (tertiary/aromatic N) is 3. The second kappa shape index (κ2) is 9.19. The highest BCUT2D eigenvalue weighted by Crippen LogP contribution is 2.24. The molecule has 5 nitrogen and oxygen atoms in total. The predicted molar refractivity (Wildman–Crippen MR) is 115 cm³/mol. The summed E-state index contributed by atoms with van der Waals surface area (Å²) in [6.07, 6.45) is 5.50. The van der Waals surface area contributed by atoms with Gasteiger partial charge < -0.3 is 5.11 Å². The largest absolute Gasteiger partial charge is 0.478 e. The van der Waals surface area contributed by atoms with Crippen LogP contribution in [0, 0.1) is 0 Å². The van der Waals surface area contributed by atoms with E-state index >= 15 is 0 Å². The standard InChI is InChI=1S/C22H21N3O2S/c1-2-3-8-21-23-20(13-14-28)24-25(21)15-16-9-11-17(12-10-16)18-6-4-5-7-19(18)22(26)27/h3-12,14H,2,13,15H2,1H3,(H,26,27). The average molecular weight is 391 g/mol. The molecule has 0 aliphatic rings. The molecule has 0 amide bonds. The third-order valence-corrected chi connectivity index (χ3v) is 4.43. The molecule has 1 N–H and O–H groups in total. The number of thiocarbonyl (C=S) groups is 1. The molecule has 0 fully saturated rings. The summed E-state index contributed by atoms with van der Waals surface area (Å²) in [6, 6.07) is 14.9. The van der Waals surface area contributed by atoms with Gasteiger partial charge in [0, 0.05) is 6.42 Å². The van der Waals surface area contributed by atoms with Crippen molar-refractivity contribution in [2.75, 3.05) is 0 Å². The topological polar surface area (TPSA) is 68.0 Å². The first-order valence-corrected chi connectivity index (χ1v) is 9.55. The van der Waals surface area contributed by atoms with Crippen molar-refractivity contribution < 1.29 is 9.90 Å². The molecule has 28 heavy (non-hydrogen) atoms. The summed E-state index contributed by atoms with van der Waals surface area (Å²) in [4.78, 5) is 16.0.